The summed E-state index contributed by atoms with van der Waals surface area (Å²) in [6.07, 6.45) is 2.56. The second-order valence-corrected chi connectivity index (χ2v) is 4.89. The van der Waals surface area contributed by atoms with Crippen molar-refractivity contribution in [3.63, 3.8) is 0 Å². The molecule has 1 aliphatic rings. The average Bonchev–Trinajstić information content (AvgIpc) is 2.25. The van der Waals surface area contributed by atoms with Crippen molar-refractivity contribution in [3.8, 4) is 6.07 Å². The molecule has 0 saturated carbocycles. The largest absolute Gasteiger partial charge is 0.434 e. The van der Waals surface area contributed by atoms with Crippen LogP contribution in [0.15, 0.2) is 11.6 Å². The van der Waals surface area contributed by atoms with Gasteiger partial charge in [-0.3, -0.25) is 0 Å². The zero-order chi connectivity index (χ0) is 12.2. The first kappa shape index (κ1) is 12.6. The highest BCUT2D eigenvalue weighted by atomic mass is 16.6. The van der Waals surface area contributed by atoms with Gasteiger partial charge in [-0.2, -0.15) is 5.26 Å². The van der Waals surface area contributed by atoms with Gasteiger partial charge in [0.05, 0.1) is 0 Å². The van der Waals surface area contributed by atoms with E-state index in [2.05, 4.69) is 26.8 Å². The predicted molar refractivity (Wildman–Crippen MR) is 60.7 cm³/mol. The smallest absolute Gasteiger partial charge is 0.411 e. The van der Waals surface area contributed by atoms with Gasteiger partial charge in [-0.05, 0) is 11.8 Å². The molecule has 88 valence electrons. The summed E-state index contributed by atoms with van der Waals surface area (Å²) in [5.74, 6) is 0. The summed E-state index contributed by atoms with van der Waals surface area (Å²) >= 11 is 0. The van der Waals surface area contributed by atoms with Gasteiger partial charge in [0.1, 0.15) is 6.07 Å². The minimum absolute atomic E-state index is 0.169. The molecule has 0 unspecified atom stereocenters. The van der Waals surface area contributed by atoms with Crippen molar-refractivity contribution < 1.29 is 9.53 Å². The Balaban J connectivity index is 2.52. The van der Waals surface area contributed by atoms with Crippen LogP contribution >= 0.6 is 0 Å². The molecule has 0 bridgehead atoms. The highest BCUT2D eigenvalue weighted by Crippen LogP contribution is 2.30. The lowest BCUT2D eigenvalue weighted by Crippen LogP contribution is -2.36. The molecule has 0 aromatic heterocycles. The number of hydrogen-bond acceptors (Lipinski definition) is 3. The number of nitrogens with zero attached hydrogens (tertiary/aromatic N) is 2. The molecule has 0 saturated heterocycles. The first-order valence-electron chi connectivity index (χ1n) is 5.43. The van der Waals surface area contributed by atoms with E-state index in [1.165, 1.54) is 5.57 Å². The number of carbonyl (C=O) groups is 1. The monoisotopic (exact) mass is 222 g/mol. The Morgan fingerprint density at radius 2 is 2.31 bits per heavy atom. The number of carbonyl (C=O) groups excluding carboxylic acids is 1. The molecular weight excluding hydrogens is 204 g/mol. The lowest BCUT2D eigenvalue weighted by Gasteiger charge is -2.31. The number of nitriles is 1. The Morgan fingerprint density at radius 3 is 2.75 bits per heavy atom. The van der Waals surface area contributed by atoms with Gasteiger partial charge in [0, 0.05) is 13.1 Å². The summed E-state index contributed by atoms with van der Waals surface area (Å²) in [7, 11) is 0. The molecular formula is C12H18N2O2. The standard InChI is InChI=1S/C12H18N2O2/c1-12(2,3)10-4-7-14(8-5-10)11(15)16-9-6-13/h4H,5,7-9H2,1-3H3. The highest BCUT2D eigenvalue weighted by Gasteiger charge is 2.24. The number of hydrogen-bond donors (Lipinski definition) is 0. The zero-order valence-electron chi connectivity index (χ0n) is 10.1. The topological polar surface area (TPSA) is 53.3 Å². The zero-order valence-corrected chi connectivity index (χ0v) is 10.1. The average molecular weight is 222 g/mol. The van der Waals surface area contributed by atoms with Crippen LogP contribution in [0.1, 0.15) is 27.2 Å². The summed E-state index contributed by atoms with van der Waals surface area (Å²) in [4.78, 5) is 13.1. The Bertz CT molecular complexity index is 334. The van der Waals surface area contributed by atoms with Crippen molar-refractivity contribution in [1.29, 1.82) is 5.26 Å². The van der Waals surface area contributed by atoms with Crippen molar-refractivity contribution in [2.75, 3.05) is 19.7 Å². The SMILES string of the molecule is CC(C)(C)C1=CCN(C(=O)OCC#N)CC1. The number of ether oxygens (including phenoxy) is 1. The maximum absolute atomic E-state index is 11.4. The molecule has 16 heavy (non-hydrogen) atoms. The van der Waals surface area contributed by atoms with Crippen LogP contribution in [0.3, 0.4) is 0 Å². The maximum Gasteiger partial charge on any atom is 0.411 e. The number of amides is 1. The van der Waals surface area contributed by atoms with Gasteiger partial charge in [-0.15, -0.1) is 0 Å². The van der Waals surface area contributed by atoms with Crippen LogP contribution < -0.4 is 0 Å². The van der Waals surface area contributed by atoms with Crippen LogP contribution in [0.2, 0.25) is 0 Å². The predicted octanol–water partition coefficient (Wildman–Crippen LogP) is 2.32. The molecule has 4 heteroatoms. The van der Waals surface area contributed by atoms with Crippen molar-refractivity contribution in [1.82, 2.24) is 4.90 Å². The Morgan fingerprint density at radius 1 is 1.62 bits per heavy atom. The Labute approximate surface area is 96.5 Å². The van der Waals surface area contributed by atoms with E-state index >= 15 is 0 Å². The minimum Gasteiger partial charge on any atom is -0.434 e. The van der Waals surface area contributed by atoms with Crippen LogP contribution in [0, 0.1) is 16.7 Å². The van der Waals surface area contributed by atoms with Crippen LogP contribution in [-0.4, -0.2) is 30.7 Å². The third kappa shape index (κ3) is 3.27. The Hall–Kier alpha value is -1.50. The summed E-state index contributed by atoms with van der Waals surface area (Å²) in [5.41, 5.74) is 1.54. The van der Waals surface area contributed by atoms with E-state index in [1.807, 2.05) is 0 Å². The molecule has 1 amide bonds. The second-order valence-electron chi connectivity index (χ2n) is 4.89. The first-order chi connectivity index (χ1) is 7.45. The van der Waals surface area contributed by atoms with Gasteiger partial charge in [0.25, 0.3) is 0 Å². The third-order valence-corrected chi connectivity index (χ3v) is 2.69. The van der Waals surface area contributed by atoms with E-state index in [0.29, 0.717) is 13.1 Å². The van der Waals surface area contributed by atoms with Crippen molar-refractivity contribution in [2.24, 2.45) is 5.41 Å². The molecule has 1 rings (SSSR count). The molecule has 4 nitrogen and oxygen atoms in total. The summed E-state index contributed by atoms with van der Waals surface area (Å²) < 4.78 is 4.75. The van der Waals surface area contributed by atoms with Crippen molar-refractivity contribution in [2.45, 2.75) is 27.2 Å². The van der Waals surface area contributed by atoms with E-state index in [9.17, 15) is 4.79 Å². The van der Waals surface area contributed by atoms with Crippen LogP contribution in [0.5, 0.6) is 0 Å². The maximum atomic E-state index is 11.4. The third-order valence-electron chi connectivity index (χ3n) is 2.69. The normalized spacial score (nSPS) is 16.4. The molecule has 0 aliphatic carbocycles. The fourth-order valence-corrected chi connectivity index (χ4v) is 1.70. The quantitative estimate of drug-likeness (QED) is 0.640. The van der Waals surface area contributed by atoms with Gasteiger partial charge in [-0.1, -0.05) is 32.4 Å². The van der Waals surface area contributed by atoms with E-state index in [1.54, 1.807) is 11.0 Å². The van der Waals surface area contributed by atoms with E-state index in [-0.39, 0.29) is 12.0 Å². The second kappa shape index (κ2) is 5.02. The molecule has 0 aromatic rings. The molecule has 0 atom stereocenters. The lowest BCUT2D eigenvalue weighted by atomic mass is 9.83. The highest BCUT2D eigenvalue weighted by molar-refractivity contribution is 5.68. The van der Waals surface area contributed by atoms with Crippen LogP contribution in [0.4, 0.5) is 4.79 Å². The molecule has 1 heterocycles. The molecule has 0 aromatic carbocycles. The van der Waals surface area contributed by atoms with Gasteiger partial charge >= 0.3 is 6.09 Å². The van der Waals surface area contributed by atoms with Gasteiger partial charge in [-0.25, -0.2) is 4.79 Å². The fraction of sp³-hybridized carbons (Fsp3) is 0.667. The number of rotatable bonds is 1. The molecule has 0 radical (unpaired) electrons. The van der Waals surface area contributed by atoms with Crippen LogP contribution in [-0.2, 0) is 4.74 Å². The molecule has 0 spiro atoms. The summed E-state index contributed by atoms with van der Waals surface area (Å²) in [6, 6.07) is 1.79. The summed E-state index contributed by atoms with van der Waals surface area (Å²) in [5, 5.41) is 8.30. The van der Waals surface area contributed by atoms with Crippen molar-refractivity contribution >= 4 is 6.09 Å². The van der Waals surface area contributed by atoms with E-state index in [0.717, 1.165) is 6.42 Å². The molecule has 0 N–H and O–H groups in total. The lowest BCUT2D eigenvalue weighted by molar-refractivity contribution is 0.115. The van der Waals surface area contributed by atoms with E-state index < -0.39 is 6.09 Å². The van der Waals surface area contributed by atoms with Crippen molar-refractivity contribution in [3.05, 3.63) is 11.6 Å². The van der Waals surface area contributed by atoms with Gasteiger partial charge in [0.2, 0.25) is 0 Å². The minimum atomic E-state index is -0.397. The molecule has 0 fully saturated rings. The fourth-order valence-electron chi connectivity index (χ4n) is 1.70. The van der Waals surface area contributed by atoms with Crippen LogP contribution in [0.25, 0.3) is 0 Å². The van der Waals surface area contributed by atoms with Gasteiger partial charge < -0.3 is 9.64 Å². The van der Waals surface area contributed by atoms with Gasteiger partial charge in [0.15, 0.2) is 6.61 Å². The summed E-state index contributed by atoms with van der Waals surface area (Å²) in [6.45, 7) is 7.59. The van der Waals surface area contributed by atoms with E-state index in [4.69, 9.17) is 10.00 Å². The Kier molecular flexibility index (Phi) is 3.94. The molecule has 1 aliphatic heterocycles. The first-order valence-corrected chi connectivity index (χ1v) is 5.43.